The lowest BCUT2D eigenvalue weighted by atomic mass is 9.84. The summed E-state index contributed by atoms with van der Waals surface area (Å²) in [4.78, 5) is 14.2. The van der Waals surface area contributed by atoms with Crippen LogP contribution in [0.25, 0.3) is 0 Å². The van der Waals surface area contributed by atoms with E-state index in [-0.39, 0.29) is 23.5 Å². The third-order valence-corrected chi connectivity index (χ3v) is 5.58. The standard InChI is InChI=1S/C19H21F3N8/c1-24-17-13(19(20,21)22)9-26-18(29-17)27-12-6-14(15(7-23)25-8-12)28-16-10-30-4-2-11(16)3-5-30/h6,8-9,11,16,28H,2-5,10H2,1H3,(H2,24,26,27,29). The first-order valence-corrected chi connectivity index (χ1v) is 9.65. The lowest BCUT2D eigenvalue weighted by molar-refractivity contribution is -0.137. The van der Waals surface area contributed by atoms with Gasteiger partial charge in [-0.3, -0.25) is 0 Å². The van der Waals surface area contributed by atoms with Crippen LogP contribution in [-0.4, -0.2) is 52.6 Å². The maximum atomic E-state index is 13.0. The molecule has 1 atom stereocenters. The molecule has 0 amide bonds. The van der Waals surface area contributed by atoms with Crippen molar-refractivity contribution in [1.82, 2.24) is 19.9 Å². The molecule has 0 saturated carbocycles. The number of fused-ring (bicyclic) bond motifs is 3. The molecule has 2 aromatic heterocycles. The molecule has 3 aliphatic rings. The summed E-state index contributed by atoms with van der Waals surface area (Å²) < 4.78 is 39.1. The summed E-state index contributed by atoms with van der Waals surface area (Å²) in [6, 6.07) is 4.02. The Morgan fingerprint density at radius 3 is 2.57 bits per heavy atom. The number of nitriles is 1. The van der Waals surface area contributed by atoms with Gasteiger partial charge in [-0.2, -0.15) is 23.4 Å². The Morgan fingerprint density at radius 2 is 1.97 bits per heavy atom. The molecule has 2 aromatic rings. The Kier molecular flexibility index (Phi) is 5.34. The molecule has 1 unspecified atom stereocenters. The molecular formula is C19H21F3N8. The molecule has 11 heteroatoms. The van der Waals surface area contributed by atoms with E-state index in [1.807, 2.05) is 0 Å². The second kappa shape index (κ2) is 7.95. The summed E-state index contributed by atoms with van der Waals surface area (Å²) in [5.41, 5.74) is 0.376. The van der Waals surface area contributed by atoms with Gasteiger partial charge in [-0.15, -0.1) is 0 Å². The summed E-state index contributed by atoms with van der Waals surface area (Å²) in [5.74, 6) is 0.217. The summed E-state index contributed by atoms with van der Waals surface area (Å²) in [5, 5.41) is 18.2. The van der Waals surface area contributed by atoms with Crippen LogP contribution in [0.5, 0.6) is 0 Å². The van der Waals surface area contributed by atoms with E-state index in [1.165, 1.54) is 13.2 Å². The van der Waals surface area contributed by atoms with Crippen LogP contribution in [0, 0.1) is 17.2 Å². The molecule has 3 saturated heterocycles. The van der Waals surface area contributed by atoms with Gasteiger partial charge in [0.25, 0.3) is 0 Å². The Morgan fingerprint density at radius 1 is 1.20 bits per heavy atom. The number of nitrogens with zero attached hydrogens (tertiary/aromatic N) is 5. The number of pyridine rings is 1. The molecule has 3 aliphatic heterocycles. The van der Waals surface area contributed by atoms with E-state index in [4.69, 9.17) is 0 Å². The minimum absolute atomic E-state index is 0.00681. The number of rotatable bonds is 5. The predicted molar refractivity (Wildman–Crippen MR) is 105 cm³/mol. The minimum atomic E-state index is -4.56. The molecule has 5 heterocycles. The highest BCUT2D eigenvalue weighted by Gasteiger charge is 2.35. The van der Waals surface area contributed by atoms with Gasteiger partial charge < -0.3 is 20.9 Å². The SMILES string of the molecule is CNc1nc(Nc2cnc(C#N)c(NC3CN4CCC3CC4)c2)ncc1C(F)(F)F. The van der Waals surface area contributed by atoms with Gasteiger partial charge in [-0.05, 0) is 37.9 Å². The van der Waals surface area contributed by atoms with E-state index >= 15 is 0 Å². The fourth-order valence-electron chi connectivity index (χ4n) is 4.03. The Bertz CT molecular complexity index is 963. The minimum Gasteiger partial charge on any atom is -0.378 e. The van der Waals surface area contributed by atoms with E-state index in [0.717, 1.165) is 38.7 Å². The van der Waals surface area contributed by atoms with E-state index in [0.29, 0.717) is 17.3 Å². The van der Waals surface area contributed by atoms with Gasteiger partial charge in [0.15, 0.2) is 5.69 Å². The number of halogens is 3. The van der Waals surface area contributed by atoms with Crippen LogP contribution in [0.2, 0.25) is 0 Å². The van der Waals surface area contributed by atoms with Crippen LogP contribution in [-0.2, 0) is 6.18 Å². The molecule has 0 aliphatic carbocycles. The largest absolute Gasteiger partial charge is 0.421 e. The topological polar surface area (TPSA) is 102 Å². The number of hydrogen-bond acceptors (Lipinski definition) is 8. The van der Waals surface area contributed by atoms with E-state index in [1.54, 1.807) is 6.07 Å². The normalized spacial score (nSPS) is 23.0. The number of alkyl halides is 3. The fraction of sp³-hybridized carbons (Fsp3) is 0.474. The molecule has 30 heavy (non-hydrogen) atoms. The molecule has 0 spiro atoms. The molecule has 158 valence electrons. The molecule has 3 fully saturated rings. The van der Waals surface area contributed by atoms with Crippen molar-refractivity contribution in [3.05, 3.63) is 29.7 Å². The van der Waals surface area contributed by atoms with E-state index < -0.39 is 11.7 Å². The molecule has 5 rings (SSSR count). The van der Waals surface area contributed by atoms with E-state index in [2.05, 4.69) is 41.9 Å². The zero-order valence-electron chi connectivity index (χ0n) is 16.3. The predicted octanol–water partition coefficient (Wildman–Crippen LogP) is 3.05. The van der Waals surface area contributed by atoms with Crippen LogP contribution in [0.1, 0.15) is 24.1 Å². The van der Waals surface area contributed by atoms with Gasteiger partial charge in [0.2, 0.25) is 5.95 Å². The number of nitrogens with one attached hydrogen (secondary N) is 3. The van der Waals surface area contributed by atoms with Crippen LogP contribution < -0.4 is 16.0 Å². The lowest BCUT2D eigenvalue weighted by Gasteiger charge is -2.45. The van der Waals surface area contributed by atoms with Crippen molar-refractivity contribution in [1.29, 1.82) is 5.26 Å². The Hall–Kier alpha value is -3.13. The van der Waals surface area contributed by atoms with Crippen molar-refractivity contribution >= 4 is 23.1 Å². The number of piperidine rings is 3. The van der Waals surface area contributed by atoms with Crippen molar-refractivity contribution in [3.63, 3.8) is 0 Å². The van der Waals surface area contributed by atoms with Gasteiger partial charge in [0.1, 0.15) is 17.5 Å². The highest BCUT2D eigenvalue weighted by Crippen LogP contribution is 2.34. The third kappa shape index (κ3) is 4.09. The van der Waals surface area contributed by atoms with Gasteiger partial charge in [-0.1, -0.05) is 0 Å². The van der Waals surface area contributed by atoms with Crippen molar-refractivity contribution in [2.45, 2.75) is 25.1 Å². The third-order valence-electron chi connectivity index (χ3n) is 5.58. The molecular weight excluding hydrogens is 397 g/mol. The Labute approximate surface area is 171 Å². The summed E-state index contributed by atoms with van der Waals surface area (Å²) in [6.45, 7) is 3.13. The van der Waals surface area contributed by atoms with Gasteiger partial charge >= 0.3 is 6.18 Å². The van der Waals surface area contributed by atoms with Crippen molar-refractivity contribution in [2.75, 3.05) is 42.6 Å². The van der Waals surface area contributed by atoms with Gasteiger partial charge in [0, 0.05) is 25.8 Å². The van der Waals surface area contributed by atoms with Crippen LogP contribution in [0.3, 0.4) is 0 Å². The zero-order chi connectivity index (χ0) is 21.3. The van der Waals surface area contributed by atoms with Gasteiger partial charge in [-0.25, -0.2) is 9.97 Å². The summed E-state index contributed by atoms with van der Waals surface area (Å²) in [6.07, 6.45) is -0.154. The van der Waals surface area contributed by atoms with Crippen LogP contribution in [0.15, 0.2) is 18.5 Å². The lowest BCUT2D eigenvalue weighted by Crippen LogP contribution is -2.53. The molecule has 8 nitrogen and oxygen atoms in total. The molecule has 0 aromatic carbocycles. The van der Waals surface area contributed by atoms with Crippen molar-refractivity contribution in [2.24, 2.45) is 5.92 Å². The van der Waals surface area contributed by atoms with Crippen molar-refractivity contribution in [3.8, 4) is 6.07 Å². The smallest absolute Gasteiger partial charge is 0.378 e. The quantitative estimate of drug-likeness (QED) is 0.681. The number of hydrogen-bond donors (Lipinski definition) is 3. The monoisotopic (exact) mass is 418 g/mol. The maximum absolute atomic E-state index is 13.0. The second-order valence-electron chi connectivity index (χ2n) is 7.45. The first-order chi connectivity index (χ1) is 14.4. The first-order valence-electron chi connectivity index (χ1n) is 9.65. The molecule has 0 radical (unpaired) electrons. The average Bonchev–Trinajstić information content (AvgIpc) is 2.74. The maximum Gasteiger partial charge on any atom is 0.421 e. The van der Waals surface area contributed by atoms with E-state index in [9.17, 15) is 18.4 Å². The van der Waals surface area contributed by atoms with Crippen LogP contribution in [0.4, 0.5) is 36.3 Å². The summed E-state index contributed by atoms with van der Waals surface area (Å²) >= 11 is 0. The molecule has 2 bridgehead atoms. The zero-order valence-corrected chi connectivity index (χ0v) is 16.3. The number of aromatic nitrogens is 3. The van der Waals surface area contributed by atoms with Gasteiger partial charge in [0.05, 0.1) is 17.6 Å². The second-order valence-corrected chi connectivity index (χ2v) is 7.45. The highest BCUT2D eigenvalue weighted by molar-refractivity contribution is 5.65. The highest BCUT2D eigenvalue weighted by atomic mass is 19.4. The molecule has 3 N–H and O–H groups in total. The van der Waals surface area contributed by atoms with Crippen molar-refractivity contribution < 1.29 is 13.2 Å². The number of anilines is 4. The average molecular weight is 418 g/mol. The fourth-order valence-corrected chi connectivity index (χ4v) is 4.03. The Balaban J connectivity index is 1.55. The van der Waals surface area contributed by atoms with Crippen LogP contribution >= 0.6 is 0 Å². The first kappa shape index (κ1) is 20.2. The summed E-state index contributed by atoms with van der Waals surface area (Å²) in [7, 11) is 1.36.